The zero-order valence-corrected chi connectivity index (χ0v) is 17.3. The molecule has 2 heteroatoms. The smallest absolute Gasteiger partial charge is 0.0775 e. The Hall–Kier alpha value is -0.606. The van der Waals surface area contributed by atoms with E-state index in [9.17, 15) is 0 Å². The highest BCUT2D eigenvalue weighted by molar-refractivity contribution is 7.12. The van der Waals surface area contributed by atoms with Gasteiger partial charge < -0.3 is 0 Å². The van der Waals surface area contributed by atoms with E-state index in [0.717, 1.165) is 10.6 Å². The van der Waals surface area contributed by atoms with Crippen LogP contribution < -0.4 is 0 Å². The first kappa shape index (κ1) is 15.0. The second kappa shape index (κ2) is 4.07. The van der Waals surface area contributed by atoms with Gasteiger partial charge in [-0.15, -0.1) is 0 Å². The van der Waals surface area contributed by atoms with Gasteiger partial charge in [0.05, 0.1) is 16.1 Å². The van der Waals surface area contributed by atoms with E-state index in [1.807, 2.05) is 5.20 Å². The Kier molecular flexibility index (Phi) is 2.77. The first-order valence-corrected chi connectivity index (χ1v) is 15.2. The first-order chi connectivity index (χ1) is 10.2. The van der Waals surface area contributed by atoms with Gasteiger partial charge in [-0.1, -0.05) is 68.2 Å². The summed E-state index contributed by atoms with van der Waals surface area (Å²) in [6.07, 6.45) is 8.98. The van der Waals surface area contributed by atoms with Crippen LogP contribution in [0.4, 0.5) is 0 Å². The van der Waals surface area contributed by atoms with Crippen LogP contribution in [0.5, 0.6) is 0 Å². The Balaban J connectivity index is 1.83. The highest BCUT2D eigenvalue weighted by Gasteiger charge is 2.77. The Morgan fingerprint density at radius 3 is 2.27 bits per heavy atom. The second-order valence-corrected chi connectivity index (χ2v) is 19.5. The van der Waals surface area contributed by atoms with Gasteiger partial charge in [0, 0.05) is 11.8 Å². The maximum atomic E-state index is 2.74. The molecular formula is C20H30Si2. The molecule has 2 bridgehead atoms. The highest BCUT2D eigenvalue weighted by atomic mass is 28.4. The second-order valence-electron chi connectivity index (χ2n) is 9.28. The third kappa shape index (κ3) is 1.44. The van der Waals surface area contributed by atoms with Crippen LogP contribution in [0.25, 0.3) is 0 Å². The summed E-state index contributed by atoms with van der Waals surface area (Å²) in [4.78, 5) is 0. The van der Waals surface area contributed by atoms with E-state index in [0.29, 0.717) is 5.92 Å². The van der Waals surface area contributed by atoms with Crippen molar-refractivity contribution < 1.29 is 0 Å². The molecule has 22 heavy (non-hydrogen) atoms. The van der Waals surface area contributed by atoms with E-state index in [2.05, 4.69) is 65.2 Å². The van der Waals surface area contributed by atoms with Crippen LogP contribution in [-0.4, -0.2) is 16.1 Å². The lowest BCUT2D eigenvalue weighted by atomic mass is 9.84. The van der Waals surface area contributed by atoms with Crippen molar-refractivity contribution in [1.82, 2.24) is 0 Å². The van der Waals surface area contributed by atoms with Gasteiger partial charge in [-0.3, -0.25) is 0 Å². The van der Waals surface area contributed by atoms with Crippen molar-refractivity contribution in [2.24, 2.45) is 11.8 Å². The number of rotatable bonds is 2. The molecule has 0 radical (unpaired) electrons. The third-order valence-corrected chi connectivity index (χ3v) is 20.4. The molecule has 0 aromatic carbocycles. The molecule has 2 heterocycles. The molecule has 0 saturated carbocycles. The van der Waals surface area contributed by atoms with E-state index in [1.54, 1.807) is 22.8 Å². The zero-order valence-electron chi connectivity index (χ0n) is 15.3. The van der Waals surface area contributed by atoms with E-state index < -0.39 is 16.1 Å². The van der Waals surface area contributed by atoms with E-state index in [4.69, 9.17) is 0 Å². The van der Waals surface area contributed by atoms with E-state index in [-0.39, 0.29) is 0 Å². The van der Waals surface area contributed by atoms with Gasteiger partial charge in [-0.25, -0.2) is 0 Å². The van der Waals surface area contributed by atoms with Crippen LogP contribution in [0.15, 0.2) is 45.7 Å². The van der Waals surface area contributed by atoms with E-state index >= 15 is 0 Å². The molecule has 1 saturated heterocycles. The molecule has 0 aromatic rings. The molecule has 2 aliphatic heterocycles. The number of hydrogen-bond donors (Lipinski definition) is 0. The molecule has 3 unspecified atom stereocenters. The van der Waals surface area contributed by atoms with Crippen LogP contribution in [0.1, 0.15) is 27.2 Å². The summed E-state index contributed by atoms with van der Waals surface area (Å²) in [7, 11) is -2.26. The van der Waals surface area contributed by atoms with Gasteiger partial charge >= 0.3 is 0 Å². The average molecular weight is 327 g/mol. The fraction of sp³-hybridized carbons (Fsp3) is 0.600. The topological polar surface area (TPSA) is 0 Å². The SMILES string of the molecule is CCC1C=C(C)C=C1C1=C(C)C2=CC1C1(C[Si]1(C)C)[Si]2(C)C. The summed E-state index contributed by atoms with van der Waals surface area (Å²) in [5.74, 6) is 1.45. The molecule has 2 aliphatic carbocycles. The van der Waals surface area contributed by atoms with Crippen molar-refractivity contribution in [1.29, 1.82) is 0 Å². The summed E-state index contributed by atoms with van der Waals surface area (Å²) in [5.41, 5.74) is 6.60. The molecule has 4 rings (SSSR count). The molecule has 0 amide bonds. The Morgan fingerprint density at radius 1 is 1.14 bits per heavy atom. The van der Waals surface area contributed by atoms with E-state index in [1.165, 1.54) is 12.0 Å². The third-order valence-electron chi connectivity index (χ3n) is 7.57. The van der Waals surface area contributed by atoms with Gasteiger partial charge in [-0.2, -0.15) is 0 Å². The van der Waals surface area contributed by atoms with Crippen molar-refractivity contribution in [3.8, 4) is 0 Å². The summed E-state index contributed by atoms with van der Waals surface area (Å²) >= 11 is 0. The normalized spacial score (nSPS) is 40.2. The van der Waals surface area contributed by atoms with Crippen LogP contribution in [-0.2, 0) is 0 Å². The van der Waals surface area contributed by atoms with Crippen LogP contribution >= 0.6 is 0 Å². The molecule has 0 N–H and O–H groups in total. The van der Waals surface area contributed by atoms with Gasteiger partial charge in [-0.05, 0) is 41.6 Å². The average Bonchev–Trinajstić information content (AvgIpc) is 2.73. The molecule has 1 spiro atoms. The monoisotopic (exact) mass is 326 g/mol. The van der Waals surface area contributed by atoms with Gasteiger partial charge in [0.15, 0.2) is 0 Å². The van der Waals surface area contributed by atoms with Crippen molar-refractivity contribution in [2.75, 3.05) is 0 Å². The lowest BCUT2D eigenvalue weighted by Crippen LogP contribution is -2.44. The summed E-state index contributed by atoms with van der Waals surface area (Å²) < 4.78 is 0.750. The summed E-state index contributed by atoms with van der Waals surface area (Å²) in [5, 5.41) is 1.82. The minimum absolute atomic E-state index is 0.670. The molecule has 3 atom stereocenters. The Morgan fingerprint density at radius 2 is 1.77 bits per heavy atom. The number of allylic oxidation sites excluding steroid dienone is 8. The lowest BCUT2D eigenvalue weighted by molar-refractivity contribution is 0.669. The zero-order chi connectivity index (χ0) is 16.1. The van der Waals surface area contributed by atoms with Crippen molar-refractivity contribution in [3.05, 3.63) is 45.7 Å². The standard InChI is InChI=1S/C20H30Si2/c1-8-15-9-13(2)10-16(15)19-14(3)18-11-17(19)20(22(18,6)7)12-21(20,4)5/h9-11,15,17H,8,12H2,1-7H3. The summed E-state index contributed by atoms with van der Waals surface area (Å²) in [6.45, 7) is 17.7. The van der Waals surface area contributed by atoms with Crippen LogP contribution in [0.3, 0.4) is 0 Å². The fourth-order valence-electron chi connectivity index (χ4n) is 6.52. The molecule has 1 fully saturated rings. The predicted octanol–water partition coefficient (Wildman–Crippen LogP) is 6.03. The molecule has 0 aromatic heterocycles. The van der Waals surface area contributed by atoms with Crippen molar-refractivity contribution in [2.45, 2.75) is 64.1 Å². The van der Waals surface area contributed by atoms with Crippen LogP contribution in [0.2, 0.25) is 36.9 Å². The van der Waals surface area contributed by atoms with Crippen LogP contribution in [0, 0.1) is 11.8 Å². The lowest BCUT2D eigenvalue weighted by Gasteiger charge is -2.42. The largest absolute Gasteiger partial charge is 0.0847 e. The Bertz CT molecular complexity index is 699. The maximum Gasteiger partial charge on any atom is 0.0847 e. The van der Waals surface area contributed by atoms with Gasteiger partial charge in [0.2, 0.25) is 0 Å². The van der Waals surface area contributed by atoms with Gasteiger partial charge in [0.25, 0.3) is 0 Å². The quantitative estimate of drug-likeness (QED) is 0.543. The molecule has 0 nitrogen and oxygen atoms in total. The first-order valence-electron chi connectivity index (χ1n) is 9.01. The number of hydrogen-bond acceptors (Lipinski definition) is 0. The van der Waals surface area contributed by atoms with Crippen molar-refractivity contribution in [3.63, 3.8) is 0 Å². The molecule has 118 valence electrons. The predicted molar refractivity (Wildman–Crippen MR) is 102 cm³/mol. The molecule has 4 aliphatic rings. The minimum atomic E-state index is -1.26. The molecular weight excluding hydrogens is 296 g/mol. The highest BCUT2D eigenvalue weighted by Crippen LogP contribution is 2.81. The van der Waals surface area contributed by atoms with Crippen molar-refractivity contribution >= 4 is 16.1 Å². The summed E-state index contributed by atoms with van der Waals surface area (Å²) in [6, 6.07) is 1.58. The number of fused-ring (bicyclic) bond motifs is 2. The fourth-order valence-corrected chi connectivity index (χ4v) is 23.6. The van der Waals surface area contributed by atoms with Gasteiger partial charge in [0.1, 0.15) is 0 Å². The minimum Gasteiger partial charge on any atom is -0.0775 e. The maximum absolute atomic E-state index is 2.74. The Labute approximate surface area is 138 Å².